The van der Waals surface area contributed by atoms with Crippen molar-refractivity contribution in [1.82, 2.24) is 0 Å². The highest BCUT2D eigenvalue weighted by Crippen LogP contribution is 2.40. The summed E-state index contributed by atoms with van der Waals surface area (Å²) in [6, 6.07) is 19.5. The van der Waals surface area contributed by atoms with Crippen LogP contribution in [-0.4, -0.2) is 26.0 Å². The Morgan fingerprint density at radius 3 is 2.12 bits per heavy atom. The Hall–Kier alpha value is -3.16. The second-order valence-electron chi connectivity index (χ2n) is 7.09. The molecule has 3 aromatic carbocycles. The highest BCUT2D eigenvalue weighted by Gasteiger charge is 2.36. The first kappa shape index (κ1) is 23.0. The third kappa shape index (κ3) is 4.65. The molecule has 4 rings (SSSR count). The van der Waals surface area contributed by atoms with E-state index in [1.165, 1.54) is 0 Å². The maximum absolute atomic E-state index is 13.3. The lowest BCUT2D eigenvalue weighted by Gasteiger charge is -2.10. The number of allylic oxidation sites excluding steroid dienone is 1. The van der Waals surface area contributed by atoms with Crippen molar-refractivity contribution in [2.24, 2.45) is 0 Å². The van der Waals surface area contributed by atoms with Crippen LogP contribution in [0.1, 0.15) is 21.5 Å². The molecule has 7 heteroatoms. The van der Waals surface area contributed by atoms with Crippen LogP contribution in [0.25, 0.3) is 11.6 Å². The molecule has 0 spiro atoms. The van der Waals surface area contributed by atoms with E-state index in [2.05, 4.69) is 31.9 Å². The van der Waals surface area contributed by atoms with Crippen molar-refractivity contribution >= 4 is 55.3 Å². The van der Waals surface area contributed by atoms with Crippen molar-refractivity contribution in [3.63, 3.8) is 0 Å². The van der Waals surface area contributed by atoms with Crippen molar-refractivity contribution in [2.75, 3.05) is 14.2 Å². The molecule has 0 N–H and O–H groups in total. The Balaban J connectivity index is 1.90. The minimum Gasteiger partial charge on any atom is -0.496 e. The van der Waals surface area contributed by atoms with Crippen LogP contribution in [0.5, 0.6) is 11.5 Å². The number of methoxy groups -OCH3 is 2. The molecule has 0 aliphatic carbocycles. The predicted octanol–water partition coefficient (Wildman–Crippen LogP) is 6.46. The molecule has 0 saturated carbocycles. The van der Waals surface area contributed by atoms with E-state index in [0.29, 0.717) is 32.7 Å². The topological polar surface area (TPSA) is 61.8 Å². The Labute approximate surface area is 207 Å². The fourth-order valence-electron chi connectivity index (χ4n) is 3.50. The molecule has 166 valence electrons. The van der Waals surface area contributed by atoms with Gasteiger partial charge in [0.25, 0.3) is 0 Å². The molecule has 0 amide bonds. The van der Waals surface area contributed by atoms with Crippen LogP contribution >= 0.6 is 31.9 Å². The summed E-state index contributed by atoms with van der Waals surface area (Å²) in [4.78, 5) is 26.3. The molecular formula is C26H18Br2O5. The number of benzene rings is 3. The van der Waals surface area contributed by atoms with Crippen LogP contribution < -0.4 is 9.47 Å². The van der Waals surface area contributed by atoms with Gasteiger partial charge in [-0.15, -0.1) is 0 Å². The number of carbonyl (C=O) groups is 2. The first-order valence-corrected chi connectivity index (χ1v) is 11.5. The standard InChI is InChI=1S/C26H18Br2O5/c1-31-20-10-8-15(12-18(20)27)13-22-23(17-9-11-21(32-2)19(28)14-17)24(26(30)33-22)25(29)16-6-4-3-5-7-16/h3-14H,1-2H3/b22-13-. The Kier molecular flexibility index (Phi) is 6.81. The van der Waals surface area contributed by atoms with Gasteiger partial charge in [0.2, 0.25) is 5.78 Å². The Bertz CT molecular complexity index is 1310. The monoisotopic (exact) mass is 568 g/mol. The third-order valence-corrected chi connectivity index (χ3v) is 6.32. The van der Waals surface area contributed by atoms with E-state index in [4.69, 9.17) is 14.2 Å². The van der Waals surface area contributed by atoms with Crippen molar-refractivity contribution in [2.45, 2.75) is 0 Å². The number of carbonyl (C=O) groups excluding carboxylic acids is 2. The molecule has 1 aliphatic rings. The van der Waals surface area contributed by atoms with Gasteiger partial charge in [-0.25, -0.2) is 4.79 Å². The second kappa shape index (κ2) is 9.77. The molecule has 0 radical (unpaired) electrons. The molecule has 5 nitrogen and oxygen atoms in total. The summed E-state index contributed by atoms with van der Waals surface area (Å²) < 4.78 is 17.7. The molecule has 33 heavy (non-hydrogen) atoms. The highest BCUT2D eigenvalue weighted by molar-refractivity contribution is 9.10. The molecule has 0 bridgehead atoms. The zero-order chi connectivity index (χ0) is 23.5. The Morgan fingerprint density at radius 1 is 0.879 bits per heavy atom. The number of ketones is 1. The molecule has 0 fully saturated rings. The average Bonchev–Trinajstić information content (AvgIpc) is 3.14. The maximum atomic E-state index is 13.3. The predicted molar refractivity (Wildman–Crippen MR) is 133 cm³/mol. The largest absolute Gasteiger partial charge is 0.496 e. The van der Waals surface area contributed by atoms with Crippen molar-refractivity contribution in [1.29, 1.82) is 0 Å². The third-order valence-electron chi connectivity index (χ3n) is 5.08. The van der Waals surface area contributed by atoms with Gasteiger partial charge >= 0.3 is 5.97 Å². The van der Waals surface area contributed by atoms with E-state index in [9.17, 15) is 9.59 Å². The lowest BCUT2D eigenvalue weighted by Crippen LogP contribution is -2.11. The number of esters is 1. The fraction of sp³-hybridized carbons (Fsp3) is 0.0769. The maximum Gasteiger partial charge on any atom is 0.348 e. The number of halogens is 2. The minimum atomic E-state index is -0.690. The lowest BCUT2D eigenvalue weighted by molar-refractivity contribution is -0.132. The zero-order valence-electron chi connectivity index (χ0n) is 17.7. The molecule has 3 aromatic rings. The van der Waals surface area contributed by atoms with Gasteiger partial charge < -0.3 is 14.2 Å². The molecule has 1 heterocycles. The molecule has 0 saturated heterocycles. The SMILES string of the molecule is COc1ccc(/C=C2\OC(=O)C(C(=O)c3ccccc3)=C2c2ccc(OC)c(Br)c2)cc1Br. The minimum absolute atomic E-state index is 0.0166. The van der Waals surface area contributed by atoms with E-state index in [1.807, 2.05) is 18.2 Å². The van der Waals surface area contributed by atoms with Crippen molar-refractivity contribution < 1.29 is 23.8 Å². The number of ether oxygens (including phenoxy) is 3. The smallest absolute Gasteiger partial charge is 0.348 e. The van der Waals surface area contributed by atoms with Crippen LogP contribution in [0, 0.1) is 0 Å². The summed E-state index contributed by atoms with van der Waals surface area (Å²) in [5.74, 6) is 0.500. The average molecular weight is 570 g/mol. The molecule has 0 unspecified atom stereocenters. The van der Waals surface area contributed by atoms with Gasteiger partial charge in [-0.2, -0.15) is 0 Å². The summed E-state index contributed by atoms with van der Waals surface area (Å²) in [6.45, 7) is 0. The lowest BCUT2D eigenvalue weighted by atomic mass is 9.93. The number of Topliss-reactive ketones (excluding diaryl/α,β-unsaturated/α-hetero) is 1. The van der Waals surface area contributed by atoms with E-state index in [-0.39, 0.29) is 11.3 Å². The summed E-state index contributed by atoms with van der Waals surface area (Å²) in [6.07, 6.45) is 1.72. The van der Waals surface area contributed by atoms with Crippen LogP contribution in [-0.2, 0) is 9.53 Å². The van der Waals surface area contributed by atoms with E-state index in [0.717, 1.165) is 10.0 Å². The van der Waals surface area contributed by atoms with Gasteiger partial charge in [0.05, 0.1) is 23.2 Å². The molecular weight excluding hydrogens is 552 g/mol. The van der Waals surface area contributed by atoms with Crippen LogP contribution in [0.15, 0.2) is 87.0 Å². The molecule has 1 aliphatic heterocycles. The van der Waals surface area contributed by atoms with Gasteiger partial charge in [0.15, 0.2) is 0 Å². The normalized spacial score (nSPS) is 14.4. The number of cyclic esters (lactones) is 1. The second-order valence-corrected chi connectivity index (χ2v) is 8.80. The Morgan fingerprint density at radius 2 is 1.52 bits per heavy atom. The van der Waals surface area contributed by atoms with Crippen molar-refractivity contribution in [3.05, 3.63) is 104 Å². The highest BCUT2D eigenvalue weighted by atomic mass is 79.9. The van der Waals surface area contributed by atoms with Gasteiger partial charge in [-0.05, 0) is 73.3 Å². The fourth-order valence-corrected chi connectivity index (χ4v) is 4.60. The van der Waals surface area contributed by atoms with E-state index >= 15 is 0 Å². The molecule has 0 aromatic heterocycles. The van der Waals surface area contributed by atoms with Gasteiger partial charge in [-0.1, -0.05) is 42.5 Å². The van der Waals surface area contributed by atoms with Gasteiger partial charge in [-0.3, -0.25) is 4.79 Å². The first-order chi connectivity index (χ1) is 15.9. The summed E-state index contributed by atoms with van der Waals surface area (Å²) in [7, 11) is 3.15. The van der Waals surface area contributed by atoms with Crippen molar-refractivity contribution in [3.8, 4) is 11.5 Å². The summed E-state index contributed by atoms with van der Waals surface area (Å²) in [5, 5.41) is 0. The number of rotatable bonds is 6. The van der Waals surface area contributed by atoms with E-state index < -0.39 is 11.8 Å². The summed E-state index contributed by atoms with van der Waals surface area (Å²) >= 11 is 6.96. The number of hydrogen-bond donors (Lipinski definition) is 0. The van der Waals surface area contributed by atoms with Crippen LogP contribution in [0.3, 0.4) is 0 Å². The van der Waals surface area contributed by atoms with Gasteiger partial charge in [0, 0.05) is 11.1 Å². The zero-order valence-corrected chi connectivity index (χ0v) is 20.9. The van der Waals surface area contributed by atoms with Gasteiger partial charge in [0.1, 0.15) is 22.8 Å². The summed E-state index contributed by atoms with van der Waals surface area (Å²) in [5.41, 5.74) is 2.22. The first-order valence-electron chi connectivity index (χ1n) is 9.88. The quantitative estimate of drug-likeness (QED) is 0.194. The number of hydrogen-bond acceptors (Lipinski definition) is 5. The molecule has 0 atom stereocenters. The van der Waals surface area contributed by atoms with Crippen LogP contribution in [0.2, 0.25) is 0 Å². The van der Waals surface area contributed by atoms with Crippen LogP contribution in [0.4, 0.5) is 0 Å². The van der Waals surface area contributed by atoms with E-state index in [1.54, 1.807) is 68.8 Å².